The third-order valence-corrected chi connectivity index (χ3v) is 6.93. The molecule has 1 spiro atoms. The Morgan fingerprint density at radius 1 is 1.22 bits per heavy atom. The zero-order valence-corrected chi connectivity index (χ0v) is 16.4. The fourth-order valence-electron chi connectivity index (χ4n) is 4.43. The van der Waals surface area contributed by atoms with E-state index >= 15 is 0 Å². The zero-order chi connectivity index (χ0) is 19.1. The number of halogens is 3. The largest absolute Gasteiger partial charge is 0.433 e. The zero-order valence-electron chi connectivity index (χ0n) is 15.6. The van der Waals surface area contributed by atoms with Gasteiger partial charge in [-0.3, -0.25) is 4.98 Å². The van der Waals surface area contributed by atoms with Crippen LogP contribution in [0.4, 0.5) is 13.2 Å². The molecule has 4 heterocycles. The van der Waals surface area contributed by atoms with E-state index in [1.807, 2.05) is 6.92 Å². The first kappa shape index (κ1) is 19.5. The molecule has 0 amide bonds. The molecule has 27 heavy (non-hydrogen) atoms. The fraction of sp³-hybridized carbons (Fsp3) is 0.737. The molecule has 8 heteroatoms. The summed E-state index contributed by atoms with van der Waals surface area (Å²) in [5.74, 6) is 0.770. The normalized spacial score (nSPS) is 24.0. The molecule has 0 N–H and O–H groups in total. The van der Waals surface area contributed by atoms with E-state index in [1.54, 1.807) is 11.9 Å². The maximum absolute atomic E-state index is 12.8. The molecule has 0 bridgehead atoms. The van der Waals surface area contributed by atoms with E-state index in [4.69, 9.17) is 4.74 Å². The van der Waals surface area contributed by atoms with E-state index in [0.717, 1.165) is 55.8 Å². The highest BCUT2D eigenvalue weighted by Crippen LogP contribution is 2.45. The van der Waals surface area contributed by atoms with E-state index in [2.05, 4.69) is 14.2 Å². The topological polar surface area (TPSA) is 28.6 Å². The van der Waals surface area contributed by atoms with Crippen molar-refractivity contribution in [2.75, 3.05) is 45.9 Å². The van der Waals surface area contributed by atoms with Gasteiger partial charge in [0.25, 0.3) is 0 Å². The van der Waals surface area contributed by atoms with Gasteiger partial charge in [0.15, 0.2) is 0 Å². The minimum atomic E-state index is -4.38. The standard InChI is InChI=1S/C19H26F3N3OS/c1-2-15-7-17(19(20,21)22)23-8-16(15)27-25-12-18(13-25)10-24(11-18)9-14-3-5-26-6-4-14/h7-8,14H,2-6,9-13H2,1H3. The molecular formula is C19H26F3N3OS. The van der Waals surface area contributed by atoms with Gasteiger partial charge in [-0.25, -0.2) is 4.31 Å². The van der Waals surface area contributed by atoms with Crippen molar-refractivity contribution in [2.45, 2.75) is 37.3 Å². The Morgan fingerprint density at radius 2 is 1.93 bits per heavy atom. The lowest BCUT2D eigenvalue weighted by Gasteiger charge is -2.60. The van der Waals surface area contributed by atoms with E-state index in [1.165, 1.54) is 31.6 Å². The van der Waals surface area contributed by atoms with Gasteiger partial charge < -0.3 is 9.64 Å². The monoisotopic (exact) mass is 401 g/mol. The molecule has 4 rings (SSSR count). The maximum atomic E-state index is 12.8. The van der Waals surface area contributed by atoms with Gasteiger partial charge in [0.1, 0.15) is 5.69 Å². The number of ether oxygens (including phenoxy) is 1. The van der Waals surface area contributed by atoms with Crippen LogP contribution in [0.15, 0.2) is 17.2 Å². The van der Waals surface area contributed by atoms with Crippen molar-refractivity contribution in [2.24, 2.45) is 11.3 Å². The highest BCUT2D eigenvalue weighted by Gasteiger charge is 2.52. The van der Waals surface area contributed by atoms with Crippen molar-refractivity contribution >= 4 is 11.9 Å². The predicted octanol–water partition coefficient (Wildman–Crippen LogP) is 3.71. The lowest BCUT2D eigenvalue weighted by Crippen LogP contribution is -2.70. The Morgan fingerprint density at radius 3 is 2.56 bits per heavy atom. The third kappa shape index (κ3) is 4.28. The van der Waals surface area contributed by atoms with Crippen molar-refractivity contribution in [3.05, 3.63) is 23.5 Å². The maximum Gasteiger partial charge on any atom is 0.433 e. The molecule has 1 aromatic heterocycles. The van der Waals surface area contributed by atoms with Gasteiger partial charge in [-0.2, -0.15) is 13.2 Å². The number of alkyl halides is 3. The van der Waals surface area contributed by atoms with Crippen LogP contribution in [-0.2, 0) is 17.3 Å². The van der Waals surface area contributed by atoms with Gasteiger partial charge in [0.05, 0.1) is 0 Å². The van der Waals surface area contributed by atoms with Crippen molar-refractivity contribution in [3.63, 3.8) is 0 Å². The van der Waals surface area contributed by atoms with Crippen LogP contribution in [0.25, 0.3) is 0 Å². The lowest BCUT2D eigenvalue weighted by molar-refractivity contribution is -0.141. The fourth-order valence-corrected chi connectivity index (χ4v) is 5.80. The number of nitrogens with zero attached hydrogens (tertiary/aromatic N) is 3. The van der Waals surface area contributed by atoms with Crippen LogP contribution in [-0.4, -0.2) is 60.1 Å². The third-order valence-electron chi connectivity index (χ3n) is 5.85. The summed E-state index contributed by atoms with van der Waals surface area (Å²) in [7, 11) is 0. The molecule has 0 aromatic carbocycles. The quantitative estimate of drug-likeness (QED) is 0.702. The summed E-state index contributed by atoms with van der Waals surface area (Å²) in [6, 6.07) is 1.19. The molecule has 0 atom stereocenters. The summed E-state index contributed by atoms with van der Waals surface area (Å²) in [5, 5.41) is 0. The number of aryl methyl sites for hydroxylation is 1. The Kier molecular flexibility index (Phi) is 5.44. The number of rotatable bonds is 5. The smallest absolute Gasteiger partial charge is 0.381 e. The molecule has 0 unspecified atom stereocenters. The summed E-state index contributed by atoms with van der Waals surface area (Å²) < 4.78 is 46.2. The molecule has 3 aliphatic rings. The number of hydrogen-bond donors (Lipinski definition) is 0. The summed E-state index contributed by atoms with van der Waals surface area (Å²) >= 11 is 1.56. The molecule has 150 valence electrons. The first-order chi connectivity index (χ1) is 12.9. The van der Waals surface area contributed by atoms with Crippen LogP contribution in [0.1, 0.15) is 31.0 Å². The molecule has 0 saturated carbocycles. The average Bonchev–Trinajstić information content (AvgIpc) is 2.58. The molecule has 1 aromatic rings. The van der Waals surface area contributed by atoms with Crippen LogP contribution in [0.3, 0.4) is 0 Å². The van der Waals surface area contributed by atoms with Gasteiger partial charge >= 0.3 is 6.18 Å². The molecule has 0 radical (unpaired) electrons. The van der Waals surface area contributed by atoms with Crippen LogP contribution in [0.2, 0.25) is 0 Å². The molecule has 0 aliphatic carbocycles. The second-order valence-electron chi connectivity index (χ2n) is 8.14. The SMILES string of the molecule is CCc1cc(C(F)(F)F)ncc1SN1CC2(CN(CC3CCOCC3)C2)C1. The predicted molar refractivity (Wildman–Crippen MR) is 98.5 cm³/mol. The lowest BCUT2D eigenvalue weighted by atomic mass is 9.74. The van der Waals surface area contributed by atoms with Crippen LogP contribution in [0, 0.1) is 11.3 Å². The Labute approximate surface area is 162 Å². The molecule has 3 aliphatic heterocycles. The van der Waals surface area contributed by atoms with Crippen LogP contribution >= 0.6 is 11.9 Å². The van der Waals surface area contributed by atoms with Crippen molar-refractivity contribution in [1.29, 1.82) is 0 Å². The first-order valence-electron chi connectivity index (χ1n) is 9.66. The van der Waals surface area contributed by atoms with Gasteiger partial charge in [-0.05, 0) is 48.8 Å². The summed E-state index contributed by atoms with van der Waals surface area (Å²) in [6.07, 6.45) is -0.0759. The Bertz CT molecular complexity index is 665. The van der Waals surface area contributed by atoms with Gasteiger partial charge in [0.2, 0.25) is 0 Å². The molecule has 3 fully saturated rings. The molecular weight excluding hydrogens is 375 g/mol. The number of aromatic nitrogens is 1. The number of likely N-dealkylation sites (tertiary alicyclic amines) is 1. The van der Waals surface area contributed by atoms with E-state index in [9.17, 15) is 13.2 Å². The Balaban J connectivity index is 1.26. The van der Waals surface area contributed by atoms with Gasteiger partial charge in [-0.1, -0.05) is 6.92 Å². The van der Waals surface area contributed by atoms with E-state index in [0.29, 0.717) is 11.8 Å². The van der Waals surface area contributed by atoms with Crippen molar-refractivity contribution < 1.29 is 17.9 Å². The summed E-state index contributed by atoms with van der Waals surface area (Å²) in [5.41, 5.74) is 0.314. The number of hydrogen-bond acceptors (Lipinski definition) is 5. The minimum absolute atomic E-state index is 0.393. The van der Waals surface area contributed by atoms with Crippen LogP contribution < -0.4 is 0 Å². The minimum Gasteiger partial charge on any atom is -0.381 e. The first-order valence-corrected chi connectivity index (χ1v) is 10.4. The average molecular weight is 401 g/mol. The summed E-state index contributed by atoms with van der Waals surface area (Å²) in [4.78, 5) is 7.02. The van der Waals surface area contributed by atoms with Crippen LogP contribution in [0.5, 0.6) is 0 Å². The second kappa shape index (κ2) is 7.54. The molecule has 3 saturated heterocycles. The summed E-state index contributed by atoms with van der Waals surface area (Å²) in [6.45, 7) is 9.17. The Hall–Kier alpha value is -0.830. The van der Waals surface area contributed by atoms with Crippen molar-refractivity contribution in [3.8, 4) is 0 Å². The second-order valence-corrected chi connectivity index (χ2v) is 9.28. The number of pyridine rings is 1. The highest BCUT2D eigenvalue weighted by atomic mass is 32.2. The highest BCUT2D eigenvalue weighted by molar-refractivity contribution is 7.97. The van der Waals surface area contributed by atoms with E-state index in [-0.39, 0.29) is 0 Å². The van der Waals surface area contributed by atoms with Gasteiger partial charge in [0, 0.05) is 62.4 Å². The molecule has 4 nitrogen and oxygen atoms in total. The van der Waals surface area contributed by atoms with Crippen molar-refractivity contribution in [1.82, 2.24) is 14.2 Å². The van der Waals surface area contributed by atoms with Gasteiger partial charge in [-0.15, -0.1) is 0 Å². The van der Waals surface area contributed by atoms with E-state index < -0.39 is 11.9 Å².